The Morgan fingerprint density at radius 2 is 1.48 bits per heavy atom. The molecule has 2 aliphatic rings. The fourth-order valence-corrected chi connectivity index (χ4v) is 5.10. The van der Waals surface area contributed by atoms with Crippen molar-refractivity contribution in [1.29, 1.82) is 0 Å². The molecule has 0 aromatic heterocycles. The van der Waals surface area contributed by atoms with Crippen LogP contribution in [0, 0.1) is 5.92 Å². The second kappa shape index (κ2) is 10.5. The number of Topliss-reactive ketones (excluding diaryl/α,β-unsaturated/α-hetero) is 2. The van der Waals surface area contributed by atoms with Gasteiger partial charge in [-0.3, -0.25) is 14.4 Å². The van der Waals surface area contributed by atoms with Gasteiger partial charge in [-0.05, 0) is 61.6 Å². The monoisotopic (exact) mass is 464 g/mol. The maximum atomic E-state index is 13.5. The second-order valence-electron chi connectivity index (χ2n) is 8.98. The number of hydrogen-bond acceptors (Lipinski definition) is 4. The van der Waals surface area contributed by atoms with Crippen molar-refractivity contribution >= 4 is 29.1 Å². The SMILES string of the molecule is CCCCCC(=O)OC1=C(C2CCC(c3ccc(Cl)cc3)CC2)C(=O)c2ccccc2C1=O. The zero-order chi connectivity index (χ0) is 23.4. The maximum Gasteiger partial charge on any atom is 0.311 e. The van der Waals surface area contributed by atoms with Gasteiger partial charge in [0.05, 0.1) is 5.57 Å². The van der Waals surface area contributed by atoms with Crippen LogP contribution in [0.5, 0.6) is 0 Å². The molecule has 0 bridgehead atoms. The third-order valence-corrected chi connectivity index (χ3v) is 7.04. The van der Waals surface area contributed by atoms with Crippen LogP contribution in [0.1, 0.15) is 90.5 Å². The fourth-order valence-electron chi connectivity index (χ4n) is 4.98. The van der Waals surface area contributed by atoms with E-state index in [1.807, 2.05) is 12.1 Å². The first-order valence-electron chi connectivity index (χ1n) is 11.9. The molecule has 4 rings (SSSR count). The van der Waals surface area contributed by atoms with Crippen LogP contribution in [-0.2, 0) is 9.53 Å². The summed E-state index contributed by atoms with van der Waals surface area (Å²) in [6.45, 7) is 2.06. The van der Waals surface area contributed by atoms with E-state index >= 15 is 0 Å². The molecule has 0 aliphatic heterocycles. The molecule has 0 saturated heterocycles. The first-order valence-corrected chi connectivity index (χ1v) is 12.3. The van der Waals surface area contributed by atoms with Gasteiger partial charge in [-0.25, -0.2) is 0 Å². The Morgan fingerprint density at radius 3 is 2.12 bits per heavy atom. The van der Waals surface area contributed by atoms with Gasteiger partial charge in [0.1, 0.15) is 0 Å². The lowest BCUT2D eigenvalue weighted by Crippen LogP contribution is -2.30. The molecule has 0 unspecified atom stereocenters. The Hall–Kier alpha value is -2.72. The summed E-state index contributed by atoms with van der Waals surface area (Å²) in [5, 5.41) is 0.716. The molecule has 5 heteroatoms. The van der Waals surface area contributed by atoms with E-state index in [1.54, 1.807) is 24.3 Å². The molecule has 0 spiro atoms. The Balaban J connectivity index is 1.59. The van der Waals surface area contributed by atoms with Crippen LogP contribution in [0.3, 0.4) is 0 Å². The molecule has 0 N–H and O–H groups in total. The van der Waals surface area contributed by atoms with Gasteiger partial charge in [-0.2, -0.15) is 0 Å². The minimum absolute atomic E-state index is 0.0462. The standard InChI is InChI=1S/C28H29ClO4/c1-2-3-4-9-24(30)33-28-25(26(31)22-7-5-6-8-23(22)27(28)32)20-12-10-18(11-13-20)19-14-16-21(29)17-15-19/h5-8,14-18,20H,2-4,9-13H2,1H3. The Labute approximate surface area is 200 Å². The molecule has 33 heavy (non-hydrogen) atoms. The number of carbonyl (C=O) groups excluding carboxylic acids is 3. The van der Waals surface area contributed by atoms with Crippen LogP contribution in [0.2, 0.25) is 5.02 Å². The van der Waals surface area contributed by atoms with E-state index in [1.165, 1.54) is 5.56 Å². The number of esters is 1. The van der Waals surface area contributed by atoms with Gasteiger partial charge >= 0.3 is 5.97 Å². The van der Waals surface area contributed by atoms with Crippen LogP contribution in [0.4, 0.5) is 0 Å². The maximum absolute atomic E-state index is 13.5. The third-order valence-electron chi connectivity index (χ3n) is 6.79. The lowest BCUT2D eigenvalue weighted by Gasteiger charge is -2.32. The quantitative estimate of drug-likeness (QED) is 0.324. The molecule has 0 atom stereocenters. The van der Waals surface area contributed by atoms with Crippen LogP contribution in [-0.4, -0.2) is 17.5 Å². The molecule has 2 aromatic rings. The summed E-state index contributed by atoms with van der Waals surface area (Å²) >= 11 is 6.03. The highest BCUT2D eigenvalue weighted by molar-refractivity contribution is 6.30. The van der Waals surface area contributed by atoms with Gasteiger partial charge in [0.25, 0.3) is 0 Å². The smallest absolute Gasteiger partial charge is 0.311 e. The summed E-state index contributed by atoms with van der Waals surface area (Å²) in [7, 11) is 0. The highest BCUT2D eigenvalue weighted by atomic mass is 35.5. The van der Waals surface area contributed by atoms with E-state index < -0.39 is 5.97 Å². The predicted octanol–water partition coefficient (Wildman–Crippen LogP) is 7.07. The van der Waals surface area contributed by atoms with Crippen molar-refractivity contribution in [2.24, 2.45) is 5.92 Å². The average Bonchev–Trinajstić information content (AvgIpc) is 2.83. The lowest BCUT2D eigenvalue weighted by atomic mass is 9.72. The van der Waals surface area contributed by atoms with Crippen LogP contribution >= 0.6 is 11.6 Å². The van der Waals surface area contributed by atoms with E-state index in [0.29, 0.717) is 34.1 Å². The molecule has 1 saturated carbocycles. The van der Waals surface area contributed by atoms with Gasteiger partial charge in [0.2, 0.25) is 5.78 Å². The summed E-state index contributed by atoms with van der Waals surface area (Å²) in [5.74, 6) is -0.737. The molecule has 172 valence electrons. The van der Waals surface area contributed by atoms with Crippen LogP contribution in [0.15, 0.2) is 59.9 Å². The fraction of sp³-hybridized carbons (Fsp3) is 0.393. The van der Waals surface area contributed by atoms with Gasteiger partial charge in [-0.1, -0.05) is 67.8 Å². The highest BCUT2D eigenvalue weighted by Crippen LogP contribution is 2.42. The summed E-state index contributed by atoms with van der Waals surface area (Å²) in [6, 6.07) is 14.7. The molecular weight excluding hydrogens is 436 g/mol. The summed E-state index contributed by atoms with van der Waals surface area (Å²) in [5.41, 5.74) is 2.35. The van der Waals surface area contributed by atoms with Gasteiger partial charge in [0, 0.05) is 22.6 Å². The third kappa shape index (κ3) is 5.11. The minimum atomic E-state index is -0.439. The normalized spacial score (nSPS) is 20.5. The van der Waals surface area contributed by atoms with E-state index in [-0.39, 0.29) is 29.7 Å². The van der Waals surface area contributed by atoms with Crippen molar-refractivity contribution in [3.05, 3.63) is 81.6 Å². The number of fused-ring (bicyclic) bond motifs is 1. The molecule has 0 amide bonds. The van der Waals surface area contributed by atoms with Crippen LogP contribution in [0.25, 0.3) is 0 Å². The van der Waals surface area contributed by atoms with Gasteiger partial charge < -0.3 is 4.74 Å². The Morgan fingerprint density at radius 1 is 0.879 bits per heavy atom. The van der Waals surface area contributed by atoms with Crippen molar-refractivity contribution in [2.75, 3.05) is 0 Å². The molecule has 2 aliphatic carbocycles. The molecule has 0 heterocycles. The van der Waals surface area contributed by atoms with Crippen molar-refractivity contribution in [3.8, 4) is 0 Å². The van der Waals surface area contributed by atoms with E-state index in [9.17, 15) is 14.4 Å². The van der Waals surface area contributed by atoms with E-state index in [2.05, 4.69) is 19.1 Å². The van der Waals surface area contributed by atoms with Crippen molar-refractivity contribution < 1.29 is 19.1 Å². The molecule has 1 fully saturated rings. The zero-order valence-corrected chi connectivity index (χ0v) is 19.7. The highest BCUT2D eigenvalue weighted by Gasteiger charge is 2.39. The molecule has 2 aromatic carbocycles. The van der Waals surface area contributed by atoms with Crippen molar-refractivity contribution in [1.82, 2.24) is 0 Å². The minimum Gasteiger partial charge on any atom is -0.422 e. The van der Waals surface area contributed by atoms with Crippen molar-refractivity contribution in [3.63, 3.8) is 0 Å². The van der Waals surface area contributed by atoms with Gasteiger partial charge in [0.15, 0.2) is 11.5 Å². The summed E-state index contributed by atoms with van der Waals surface area (Å²) in [6.07, 6.45) is 6.20. The lowest BCUT2D eigenvalue weighted by molar-refractivity contribution is -0.139. The number of hydrogen-bond donors (Lipinski definition) is 0. The average molecular weight is 465 g/mol. The number of ketones is 2. The number of carbonyl (C=O) groups is 3. The zero-order valence-electron chi connectivity index (χ0n) is 18.9. The van der Waals surface area contributed by atoms with Crippen molar-refractivity contribution in [2.45, 2.75) is 64.2 Å². The van der Waals surface area contributed by atoms with Crippen LogP contribution < -0.4 is 0 Å². The number of allylic oxidation sites excluding steroid dienone is 2. The first-order chi connectivity index (χ1) is 16.0. The predicted molar refractivity (Wildman–Crippen MR) is 129 cm³/mol. The largest absolute Gasteiger partial charge is 0.422 e. The van der Waals surface area contributed by atoms with Gasteiger partial charge in [-0.15, -0.1) is 0 Å². The number of halogens is 1. The summed E-state index contributed by atoms with van der Waals surface area (Å²) < 4.78 is 5.62. The molecule has 0 radical (unpaired) electrons. The number of rotatable bonds is 7. The Bertz CT molecular complexity index is 1080. The Kier molecular flexibility index (Phi) is 7.44. The number of ether oxygens (including phenoxy) is 1. The second-order valence-corrected chi connectivity index (χ2v) is 9.41. The summed E-state index contributed by atoms with van der Waals surface area (Å²) in [4.78, 5) is 39.3. The van der Waals surface area contributed by atoms with E-state index in [0.717, 1.165) is 38.5 Å². The number of unbranched alkanes of at least 4 members (excludes halogenated alkanes) is 2. The number of benzene rings is 2. The molecule has 4 nitrogen and oxygen atoms in total. The first kappa shape index (κ1) is 23.4. The van der Waals surface area contributed by atoms with E-state index in [4.69, 9.17) is 16.3 Å². The molecular formula is C28H29ClO4. The topological polar surface area (TPSA) is 60.4 Å².